The van der Waals surface area contributed by atoms with Crippen molar-refractivity contribution in [2.45, 2.75) is 32.2 Å². The van der Waals surface area contributed by atoms with Gasteiger partial charge in [-0.25, -0.2) is 4.68 Å². The van der Waals surface area contributed by atoms with Crippen molar-refractivity contribution in [1.29, 1.82) is 0 Å². The van der Waals surface area contributed by atoms with E-state index in [1.54, 1.807) is 10.9 Å². The van der Waals surface area contributed by atoms with E-state index < -0.39 is 0 Å². The number of nitrogens with two attached hydrogens (primary N) is 1. The fraction of sp³-hybridized carbons (Fsp3) is 0.375. The molecule has 0 aliphatic heterocycles. The lowest BCUT2D eigenvalue weighted by Crippen LogP contribution is -2.24. The highest BCUT2D eigenvalue weighted by Crippen LogP contribution is 2.26. The summed E-state index contributed by atoms with van der Waals surface area (Å²) in [7, 11) is 0. The molecule has 0 radical (unpaired) electrons. The number of nitrogens with one attached hydrogen (secondary N) is 1. The zero-order valence-corrected chi connectivity index (χ0v) is 12.1. The largest absolute Gasteiger partial charge is 0.328 e. The molecule has 5 nitrogen and oxygen atoms in total. The van der Waals surface area contributed by atoms with Gasteiger partial charge in [0.2, 0.25) is 5.91 Å². The van der Waals surface area contributed by atoms with Crippen LogP contribution in [0.25, 0.3) is 5.69 Å². The van der Waals surface area contributed by atoms with Crippen LogP contribution in [-0.4, -0.2) is 21.7 Å². The van der Waals surface area contributed by atoms with Gasteiger partial charge in [-0.3, -0.25) is 4.79 Å². The fourth-order valence-electron chi connectivity index (χ4n) is 2.87. The highest BCUT2D eigenvalue weighted by molar-refractivity contribution is 5.92. The van der Waals surface area contributed by atoms with Gasteiger partial charge >= 0.3 is 0 Å². The van der Waals surface area contributed by atoms with Gasteiger partial charge in [-0.2, -0.15) is 5.10 Å². The molecule has 0 saturated heterocycles. The van der Waals surface area contributed by atoms with Gasteiger partial charge in [0.1, 0.15) is 5.82 Å². The molecule has 0 spiro atoms. The first-order valence-electron chi connectivity index (χ1n) is 7.31. The summed E-state index contributed by atoms with van der Waals surface area (Å²) in [6.07, 6.45) is 4.26. The number of nitrogens with zero attached hydrogens (tertiary/aromatic N) is 2. The minimum atomic E-state index is 0.0141. The molecule has 2 aromatic rings. The molecule has 21 heavy (non-hydrogen) atoms. The molecular formula is C16H20N4O. The van der Waals surface area contributed by atoms with Gasteiger partial charge in [-0.05, 0) is 37.8 Å². The predicted molar refractivity (Wildman–Crippen MR) is 82.2 cm³/mol. The zero-order valence-electron chi connectivity index (χ0n) is 12.1. The fourth-order valence-corrected chi connectivity index (χ4v) is 2.87. The van der Waals surface area contributed by atoms with Gasteiger partial charge in [-0.1, -0.05) is 18.2 Å². The van der Waals surface area contributed by atoms with Gasteiger partial charge in [-0.15, -0.1) is 0 Å². The van der Waals surface area contributed by atoms with Crippen molar-refractivity contribution in [3.8, 4) is 5.69 Å². The SMILES string of the molecule is Cc1ccccc1-n1nccc1NC(=O)C1CCC(N)C1. The summed E-state index contributed by atoms with van der Waals surface area (Å²) in [5.41, 5.74) is 7.96. The van der Waals surface area contributed by atoms with Crippen LogP contribution in [0, 0.1) is 12.8 Å². The summed E-state index contributed by atoms with van der Waals surface area (Å²) in [6, 6.07) is 9.94. The van der Waals surface area contributed by atoms with Crippen LogP contribution in [-0.2, 0) is 4.79 Å². The third-order valence-electron chi connectivity index (χ3n) is 4.08. The van der Waals surface area contributed by atoms with Crippen LogP contribution in [0.1, 0.15) is 24.8 Å². The van der Waals surface area contributed by atoms with E-state index >= 15 is 0 Å². The molecule has 1 heterocycles. The van der Waals surface area contributed by atoms with Gasteiger partial charge in [0.05, 0.1) is 11.9 Å². The van der Waals surface area contributed by atoms with Crippen LogP contribution in [0.5, 0.6) is 0 Å². The number of rotatable bonds is 3. The van der Waals surface area contributed by atoms with Crippen molar-refractivity contribution >= 4 is 11.7 Å². The molecule has 1 amide bonds. The summed E-state index contributed by atoms with van der Waals surface area (Å²) in [6.45, 7) is 2.03. The molecule has 1 aliphatic carbocycles. The Hall–Kier alpha value is -2.14. The van der Waals surface area contributed by atoms with E-state index in [0.717, 1.165) is 30.5 Å². The molecule has 2 unspecified atom stereocenters. The van der Waals surface area contributed by atoms with Gasteiger partial charge in [0.15, 0.2) is 0 Å². The van der Waals surface area contributed by atoms with E-state index in [9.17, 15) is 4.79 Å². The average Bonchev–Trinajstić information content (AvgIpc) is 3.08. The summed E-state index contributed by atoms with van der Waals surface area (Å²) < 4.78 is 1.77. The van der Waals surface area contributed by atoms with Crippen LogP contribution in [0.3, 0.4) is 0 Å². The smallest absolute Gasteiger partial charge is 0.228 e. The van der Waals surface area contributed by atoms with Crippen LogP contribution in [0.2, 0.25) is 0 Å². The molecule has 1 saturated carbocycles. The molecule has 0 bridgehead atoms. The highest BCUT2D eigenvalue weighted by atomic mass is 16.2. The molecule has 2 atom stereocenters. The average molecular weight is 284 g/mol. The second-order valence-corrected chi connectivity index (χ2v) is 5.67. The molecule has 3 N–H and O–H groups in total. The first-order valence-corrected chi connectivity index (χ1v) is 7.31. The number of aromatic nitrogens is 2. The van der Waals surface area contributed by atoms with E-state index in [1.807, 2.05) is 37.3 Å². The van der Waals surface area contributed by atoms with Crippen molar-refractivity contribution in [3.63, 3.8) is 0 Å². The number of hydrogen-bond acceptors (Lipinski definition) is 3. The predicted octanol–water partition coefficient (Wildman–Crippen LogP) is 2.25. The number of amides is 1. The second kappa shape index (κ2) is 5.69. The highest BCUT2D eigenvalue weighted by Gasteiger charge is 2.28. The normalized spacial score (nSPS) is 21.4. The maximum Gasteiger partial charge on any atom is 0.228 e. The number of para-hydroxylation sites is 1. The van der Waals surface area contributed by atoms with Gasteiger partial charge < -0.3 is 11.1 Å². The van der Waals surface area contributed by atoms with E-state index in [1.165, 1.54) is 0 Å². The number of aryl methyl sites for hydroxylation is 1. The standard InChI is InChI=1S/C16H20N4O/c1-11-4-2-3-5-14(11)20-15(8-9-18-20)19-16(21)12-6-7-13(17)10-12/h2-5,8-9,12-13H,6-7,10,17H2,1H3,(H,19,21). The molecule has 1 aromatic heterocycles. The van der Waals surface area contributed by atoms with Crippen molar-refractivity contribution in [2.24, 2.45) is 11.7 Å². The molecule has 3 rings (SSSR count). The number of benzene rings is 1. The summed E-state index contributed by atoms with van der Waals surface area (Å²) in [5, 5.41) is 7.30. The summed E-state index contributed by atoms with van der Waals surface area (Å²) in [5.74, 6) is 0.758. The quantitative estimate of drug-likeness (QED) is 0.908. The Morgan fingerprint density at radius 2 is 2.14 bits per heavy atom. The van der Waals surface area contributed by atoms with Crippen LogP contribution in [0.4, 0.5) is 5.82 Å². The minimum Gasteiger partial charge on any atom is -0.328 e. The third-order valence-corrected chi connectivity index (χ3v) is 4.08. The topological polar surface area (TPSA) is 72.9 Å². The van der Waals surface area contributed by atoms with E-state index in [4.69, 9.17) is 5.73 Å². The van der Waals surface area contributed by atoms with Crippen LogP contribution >= 0.6 is 0 Å². The lowest BCUT2D eigenvalue weighted by atomic mass is 10.1. The monoisotopic (exact) mass is 284 g/mol. The number of carbonyl (C=O) groups is 1. The molecule has 110 valence electrons. The molecule has 1 fully saturated rings. The van der Waals surface area contributed by atoms with Crippen molar-refractivity contribution < 1.29 is 4.79 Å². The maximum atomic E-state index is 12.3. The molecule has 5 heteroatoms. The lowest BCUT2D eigenvalue weighted by molar-refractivity contribution is -0.119. The van der Waals surface area contributed by atoms with Crippen molar-refractivity contribution in [3.05, 3.63) is 42.1 Å². The minimum absolute atomic E-state index is 0.0141. The Kier molecular flexibility index (Phi) is 3.75. The maximum absolute atomic E-state index is 12.3. The first kappa shape index (κ1) is 13.8. The van der Waals surface area contributed by atoms with Crippen LogP contribution in [0.15, 0.2) is 36.5 Å². The van der Waals surface area contributed by atoms with Gasteiger partial charge in [0, 0.05) is 18.0 Å². The van der Waals surface area contributed by atoms with Crippen LogP contribution < -0.4 is 11.1 Å². The Bertz CT molecular complexity index is 649. The first-order chi connectivity index (χ1) is 10.1. The van der Waals surface area contributed by atoms with E-state index in [2.05, 4.69) is 10.4 Å². The lowest BCUT2D eigenvalue weighted by Gasteiger charge is -2.13. The summed E-state index contributed by atoms with van der Waals surface area (Å²) >= 11 is 0. The summed E-state index contributed by atoms with van der Waals surface area (Å²) in [4.78, 5) is 12.3. The van der Waals surface area contributed by atoms with Crippen molar-refractivity contribution in [1.82, 2.24) is 9.78 Å². The van der Waals surface area contributed by atoms with E-state index in [0.29, 0.717) is 5.82 Å². The Morgan fingerprint density at radius 3 is 2.86 bits per heavy atom. The second-order valence-electron chi connectivity index (χ2n) is 5.67. The Labute approximate surface area is 124 Å². The molecule has 1 aromatic carbocycles. The number of hydrogen-bond donors (Lipinski definition) is 2. The number of anilines is 1. The Morgan fingerprint density at radius 1 is 1.33 bits per heavy atom. The van der Waals surface area contributed by atoms with Gasteiger partial charge in [0.25, 0.3) is 0 Å². The molecular weight excluding hydrogens is 264 g/mol. The van der Waals surface area contributed by atoms with E-state index in [-0.39, 0.29) is 17.9 Å². The number of carbonyl (C=O) groups excluding carboxylic acids is 1. The Balaban J connectivity index is 1.80. The van der Waals surface area contributed by atoms with Crippen molar-refractivity contribution in [2.75, 3.05) is 5.32 Å². The zero-order chi connectivity index (χ0) is 14.8. The third kappa shape index (κ3) is 2.83. The molecule has 1 aliphatic rings.